The van der Waals surface area contributed by atoms with Crippen molar-refractivity contribution in [1.82, 2.24) is 0 Å². The second kappa shape index (κ2) is 11.2. The first kappa shape index (κ1) is 31.4. The highest BCUT2D eigenvalue weighted by atomic mass is 15.1. The zero-order chi connectivity index (χ0) is 36.2. The number of allylic oxidation sites excluding steroid dienone is 4. The van der Waals surface area contributed by atoms with Gasteiger partial charge in [0.25, 0.3) is 0 Å². The largest absolute Gasteiger partial charge is 0.310 e. The van der Waals surface area contributed by atoms with Gasteiger partial charge in [0.2, 0.25) is 0 Å². The maximum atomic E-state index is 2.53. The van der Waals surface area contributed by atoms with Crippen molar-refractivity contribution >= 4 is 17.1 Å². The number of hydrogen-bond donors (Lipinski definition) is 0. The van der Waals surface area contributed by atoms with Gasteiger partial charge in [-0.05, 0) is 91.5 Å². The van der Waals surface area contributed by atoms with Crippen LogP contribution < -0.4 is 4.90 Å². The topological polar surface area (TPSA) is 3.24 Å². The first-order chi connectivity index (χ1) is 26.4. The van der Waals surface area contributed by atoms with Crippen LogP contribution >= 0.6 is 0 Å². The Balaban J connectivity index is 1.18. The fraction of sp³-hybridized carbons (Fsp3) is 0.132. The van der Waals surface area contributed by atoms with Crippen LogP contribution in [-0.4, -0.2) is 0 Å². The SMILES string of the molecule is CC1(C)c2ccccc2-c2ccc(N(c3ccc(-c4ccccc4)cc3)c3cccc4c3-c3ccccc3C43c4ccccc4C4(C)C=CC=CC43)cc21. The van der Waals surface area contributed by atoms with E-state index in [1.807, 2.05) is 0 Å². The molecule has 1 nitrogen and oxygen atoms in total. The van der Waals surface area contributed by atoms with Crippen LogP contribution in [0.2, 0.25) is 0 Å². The predicted octanol–water partition coefficient (Wildman–Crippen LogP) is 13.5. The minimum absolute atomic E-state index is 0.112. The van der Waals surface area contributed by atoms with E-state index in [4.69, 9.17) is 0 Å². The summed E-state index contributed by atoms with van der Waals surface area (Å²) in [4.78, 5) is 2.53. The van der Waals surface area contributed by atoms with Crippen LogP contribution in [0.1, 0.15) is 54.2 Å². The number of rotatable bonds is 4. The Hall–Kier alpha value is -6.18. The molecule has 3 atom stereocenters. The minimum atomic E-state index is -0.320. The van der Waals surface area contributed by atoms with Gasteiger partial charge in [0.05, 0.1) is 11.1 Å². The molecule has 0 fully saturated rings. The lowest BCUT2D eigenvalue weighted by molar-refractivity contribution is 0.372. The second-order valence-electron chi connectivity index (χ2n) is 16.3. The Morgan fingerprint density at radius 2 is 1.06 bits per heavy atom. The van der Waals surface area contributed by atoms with E-state index in [-0.39, 0.29) is 22.2 Å². The molecule has 0 radical (unpaired) electrons. The van der Waals surface area contributed by atoms with Crippen molar-refractivity contribution in [1.29, 1.82) is 0 Å². The molecule has 0 aromatic heterocycles. The molecule has 7 aromatic carbocycles. The molecule has 0 N–H and O–H groups in total. The van der Waals surface area contributed by atoms with E-state index >= 15 is 0 Å². The van der Waals surface area contributed by atoms with Crippen molar-refractivity contribution in [3.8, 4) is 33.4 Å². The quantitative estimate of drug-likeness (QED) is 0.178. The minimum Gasteiger partial charge on any atom is -0.310 e. The molecule has 0 amide bonds. The monoisotopic (exact) mass is 691 g/mol. The van der Waals surface area contributed by atoms with Gasteiger partial charge >= 0.3 is 0 Å². The highest BCUT2D eigenvalue weighted by molar-refractivity contribution is 5.98. The molecule has 0 aliphatic heterocycles. The number of fused-ring (bicyclic) bond motifs is 13. The fourth-order valence-electron chi connectivity index (χ4n) is 10.9. The predicted molar refractivity (Wildman–Crippen MR) is 225 cm³/mol. The molecule has 258 valence electrons. The molecule has 1 spiro atoms. The molecule has 0 heterocycles. The van der Waals surface area contributed by atoms with E-state index in [1.54, 1.807) is 0 Å². The van der Waals surface area contributed by atoms with Crippen LogP contribution in [0.5, 0.6) is 0 Å². The Morgan fingerprint density at radius 1 is 0.444 bits per heavy atom. The Labute approximate surface area is 318 Å². The third-order valence-corrected chi connectivity index (χ3v) is 13.3. The molecule has 3 unspecified atom stereocenters. The summed E-state index contributed by atoms with van der Waals surface area (Å²) in [6.07, 6.45) is 9.45. The Bertz CT molecular complexity index is 2710. The summed E-state index contributed by atoms with van der Waals surface area (Å²) in [6.45, 7) is 7.20. The van der Waals surface area contributed by atoms with Crippen molar-refractivity contribution in [3.63, 3.8) is 0 Å². The van der Waals surface area contributed by atoms with E-state index in [2.05, 4.69) is 214 Å². The summed E-state index contributed by atoms with van der Waals surface area (Å²) in [5.41, 5.74) is 19.1. The van der Waals surface area contributed by atoms with E-state index < -0.39 is 0 Å². The summed E-state index contributed by atoms with van der Waals surface area (Å²) in [5.74, 6) is 0.239. The van der Waals surface area contributed by atoms with Crippen molar-refractivity contribution in [2.75, 3.05) is 4.90 Å². The van der Waals surface area contributed by atoms with E-state index in [0.29, 0.717) is 0 Å². The summed E-state index contributed by atoms with van der Waals surface area (Å²) in [6, 6.07) is 61.5. The molecule has 1 heteroatoms. The number of hydrogen-bond acceptors (Lipinski definition) is 1. The zero-order valence-electron chi connectivity index (χ0n) is 30.9. The van der Waals surface area contributed by atoms with Gasteiger partial charge in [0.1, 0.15) is 0 Å². The van der Waals surface area contributed by atoms with Gasteiger partial charge in [-0.1, -0.05) is 179 Å². The van der Waals surface area contributed by atoms with Crippen LogP contribution in [0, 0.1) is 5.92 Å². The molecule has 54 heavy (non-hydrogen) atoms. The van der Waals surface area contributed by atoms with E-state index in [1.165, 1.54) is 78.1 Å². The average molecular weight is 692 g/mol. The van der Waals surface area contributed by atoms with Gasteiger partial charge in [-0.3, -0.25) is 0 Å². The van der Waals surface area contributed by atoms with Gasteiger partial charge in [-0.2, -0.15) is 0 Å². The maximum Gasteiger partial charge on any atom is 0.0543 e. The van der Waals surface area contributed by atoms with Crippen molar-refractivity contribution in [2.45, 2.75) is 37.0 Å². The highest BCUT2D eigenvalue weighted by Crippen LogP contribution is 2.68. The average Bonchev–Trinajstić information content (AvgIpc) is 3.75. The molecular weight excluding hydrogens is 651 g/mol. The number of anilines is 3. The lowest BCUT2D eigenvalue weighted by Crippen LogP contribution is -2.38. The van der Waals surface area contributed by atoms with Crippen LogP contribution in [0.4, 0.5) is 17.1 Å². The molecule has 0 saturated carbocycles. The first-order valence-corrected chi connectivity index (χ1v) is 19.3. The summed E-state index contributed by atoms with van der Waals surface area (Å²) >= 11 is 0. The smallest absolute Gasteiger partial charge is 0.0543 e. The standard InChI is InChI=1S/C53H41N/c1-51(2)42-20-9-7-18-39(42)40-32-31-38(34-47(40)51)54(37-29-27-36(28-30-37)35-16-5-4-6-17-35)48-25-15-24-46-50(48)41-19-8-10-21-43(41)53(46)45-23-12-11-22-44(45)52(3)33-14-13-26-49(52)53/h4-34,49H,1-3H3. The number of nitrogens with zero attached hydrogens (tertiary/aromatic N) is 1. The maximum absolute atomic E-state index is 2.53. The highest BCUT2D eigenvalue weighted by Gasteiger charge is 2.61. The van der Waals surface area contributed by atoms with Crippen molar-refractivity contribution in [2.24, 2.45) is 5.92 Å². The van der Waals surface area contributed by atoms with Gasteiger partial charge in [0, 0.05) is 33.7 Å². The second-order valence-corrected chi connectivity index (χ2v) is 16.3. The van der Waals surface area contributed by atoms with Crippen LogP contribution in [-0.2, 0) is 16.2 Å². The van der Waals surface area contributed by atoms with Gasteiger partial charge in [-0.15, -0.1) is 0 Å². The molecular formula is C53H41N. The van der Waals surface area contributed by atoms with Gasteiger partial charge < -0.3 is 4.90 Å². The van der Waals surface area contributed by atoms with E-state index in [0.717, 1.165) is 5.69 Å². The molecule has 11 rings (SSSR count). The van der Waals surface area contributed by atoms with Crippen LogP contribution in [0.3, 0.4) is 0 Å². The van der Waals surface area contributed by atoms with Crippen LogP contribution in [0.25, 0.3) is 33.4 Å². The van der Waals surface area contributed by atoms with Gasteiger partial charge in [0.15, 0.2) is 0 Å². The molecule has 7 aromatic rings. The lowest BCUT2D eigenvalue weighted by Gasteiger charge is -2.40. The third kappa shape index (κ3) is 3.99. The zero-order valence-corrected chi connectivity index (χ0v) is 30.9. The fourth-order valence-corrected chi connectivity index (χ4v) is 10.9. The molecule has 4 aliphatic rings. The Morgan fingerprint density at radius 3 is 1.85 bits per heavy atom. The Kier molecular flexibility index (Phi) is 6.48. The third-order valence-electron chi connectivity index (χ3n) is 13.3. The molecule has 0 bridgehead atoms. The molecule has 4 aliphatic carbocycles. The summed E-state index contributed by atoms with van der Waals surface area (Å²) < 4.78 is 0. The normalized spacial score (nSPS) is 21.6. The summed E-state index contributed by atoms with van der Waals surface area (Å²) in [5, 5.41) is 0. The lowest BCUT2D eigenvalue weighted by atomic mass is 9.61. The van der Waals surface area contributed by atoms with Crippen LogP contribution in [0.15, 0.2) is 188 Å². The first-order valence-electron chi connectivity index (χ1n) is 19.3. The molecule has 0 saturated heterocycles. The van der Waals surface area contributed by atoms with Crippen molar-refractivity contribution < 1.29 is 0 Å². The van der Waals surface area contributed by atoms with E-state index in [9.17, 15) is 0 Å². The van der Waals surface area contributed by atoms with Crippen molar-refractivity contribution in [3.05, 3.63) is 221 Å². The summed E-state index contributed by atoms with van der Waals surface area (Å²) in [7, 11) is 0. The van der Waals surface area contributed by atoms with Gasteiger partial charge in [-0.25, -0.2) is 0 Å². The number of benzene rings is 7.